The van der Waals surface area contributed by atoms with Crippen molar-refractivity contribution >= 4 is 11.8 Å². The molecule has 8 atom stereocenters. The second kappa shape index (κ2) is 17.5. The summed E-state index contributed by atoms with van der Waals surface area (Å²) < 4.78 is 0. The maximum atomic E-state index is 10.2. The van der Waals surface area contributed by atoms with Crippen molar-refractivity contribution < 1.29 is 5.11 Å². The lowest BCUT2D eigenvalue weighted by atomic mass is 9.47. The van der Waals surface area contributed by atoms with Gasteiger partial charge >= 0.3 is 0 Å². The number of aliphatic hydroxyl groups excluding tert-OH is 1. The lowest BCUT2D eigenvalue weighted by Gasteiger charge is -2.58. The van der Waals surface area contributed by atoms with Crippen molar-refractivity contribution in [2.24, 2.45) is 46.3 Å². The molecule has 240 valence electrons. The molecular formula is C39H72OS. The molecule has 0 amide bonds. The maximum Gasteiger partial charge on any atom is 0.0577 e. The molecule has 0 heterocycles. The largest absolute Gasteiger partial charge is 0.393 e. The van der Waals surface area contributed by atoms with Crippen LogP contribution in [0.3, 0.4) is 0 Å². The van der Waals surface area contributed by atoms with Crippen LogP contribution < -0.4 is 0 Å². The Labute approximate surface area is 262 Å². The monoisotopic (exact) mass is 589 g/mol. The average molecular weight is 589 g/mol. The van der Waals surface area contributed by atoms with Crippen LogP contribution >= 0.6 is 11.8 Å². The van der Waals surface area contributed by atoms with Gasteiger partial charge in [0.15, 0.2) is 0 Å². The molecule has 4 rings (SSSR count). The van der Waals surface area contributed by atoms with E-state index in [0.717, 1.165) is 48.3 Å². The van der Waals surface area contributed by atoms with Gasteiger partial charge in [-0.3, -0.25) is 0 Å². The Hall–Kier alpha value is 0.0500. The van der Waals surface area contributed by atoms with Crippen molar-refractivity contribution in [3.05, 3.63) is 11.6 Å². The highest BCUT2D eigenvalue weighted by Gasteiger charge is 2.59. The molecule has 0 aromatic rings. The molecule has 1 nitrogen and oxygen atoms in total. The second-order valence-corrected chi connectivity index (χ2v) is 17.1. The summed E-state index contributed by atoms with van der Waals surface area (Å²) in [5, 5.41) is 10.2. The van der Waals surface area contributed by atoms with E-state index in [1.165, 1.54) is 121 Å². The van der Waals surface area contributed by atoms with E-state index in [1.54, 1.807) is 5.57 Å². The molecule has 0 aromatic heterocycles. The smallest absolute Gasteiger partial charge is 0.0577 e. The van der Waals surface area contributed by atoms with E-state index in [-0.39, 0.29) is 6.10 Å². The third kappa shape index (κ3) is 9.52. The third-order valence-corrected chi connectivity index (χ3v) is 13.7. The summed E-state index contributed by atoms with van der Waals surface area (Å²) in [5.41, 5.74) is 2.60. The second-order valence-electron chi connectivity index (χ2n) is 15.9. The number of rotatable bonds is 15. The summed E-state index contributed by atoms with van der Waals surface area (Å²) in [6.45, 7) is 17.1. The van der Waals surface area contributed by atoms with Gasteiger partial charge in [0.1, 0.15) is 0 Å². The highest BCUT2D eigenvalue weighted by Crippen LogP contribution is 2.67. The van der Waals surface area contributed by atoms with Crippen LogP contribution in [0.15, 0.2) is 11.6 Å². The standard InChI is InChI=1S/C27H46O.C12H26S/c1-18(2)7-6-8-19(3)23-11-12-24-22-10-9-20-17-21(28)13-15-26(20,4)25(22)14-16-27(23,24)5;1-3-5-7-9-11-13-12-10-8-6-4-2/h9,18-19,21-25,28H,6-8,10-17H2,1-5H3;3-12H2,1-2H3/t19-,21?,22+,23-,24+,25+,26+,27-;/m1./s1. The fourth-order valence-corrected chi connectivity index (χ4v) is 11.1. The van der Waals surface area contributed by atoms with Crippen molar-refractivity contribution in [1.82, 2.24) is 0 Å². The predicted molar refractivity (Wildman–Crippen MR) is 185 cm³/mol. The van der Waals surface area contributed by atoms with Crippen LogP contribution in [-0.4, -0.2) is 22.7 Å². The van der Waals surface area contributed by atoms with Gasteiger partial charge in [0.25, 0.3) is 0 Å². The Bertz CT molecular complexity index is 749. The van der Waals surface area contributed by atoms with Crippen LogP contribution in [-0.2, 0) is 0 Å². The number of fused-ring (bicyclic) bond motifs is 5. The van der Waals surface area contributed by atoms with Gasteiger partial charge in [0.05, 0.1) is 6.10 Å². The molecule has 0 radical (unpaired) electrons. The first-order valence-corrected chi connectivity index (χ1v) is 19.8. The van der Waals surface area contributed by atoms with Crippen LogP contribution in [0.2, 0.25) is 0 Å². The highest BCUT2D eigenvalue weighted by molar-refractivity contribution is 7.99. The molecule has 3 saturated carbocycles. The lowest BCUT2D eigenvalue weighted by Crippen LogP contribution is -2.50. The molecule has 4 aliphatic carbocycles. The van der Waals surface area contributed by atoms with Gasteiger partial charge in [-0.05, 0) is 122 Å². The Kier molecular flexibility index (Phi) is 15.2. The zero-order valence-electron chi connectivity index (χ0n) is 28.8. The van der Waals surface area contributed by atoms with E-state index < -0.39 is 0 Å². The molecular weight excluding hydrogens is 516 g/mol. The minimum Gasteiger partial charge on any atom is -0.393 e. The molecule has 3 fully saturated rings. The first kappa shape index (κ1) is 35.5. The lowest BCUT2D eigenvalue weighted by molar-refractivity contribution is -0.0573. The number of hydrogen-bond donors (Lipinski definition) is 1. The van der Waals surface area contributed by atoms with Gasteiger partial charge in [-0.15, -0.1) is 0 Å². The van der Waals surface area contributed by atoms with E-state index in [1.807, 2.05) is 0 Å². The van der Waals surface area contributed by atoms with Crippen LogP contribution in [0, 0.1) is 46.3 Å². The van der Waals surface area contributed by atoms with Crippen molar-refractivity contribution in [2.45, 2.75) is 177 Å². The minimum atomic E-state index is -0.0766. The minimum absolute atomic E-state index is 0.0766. The molecule has 0 aromatic carbocycles. The Morgan fingerprint density at radius 1 is 0.805 bits per heavy atom. The Morgan fingerprint density at radius 2 is 1.49 bits per heavy atom. The topological polar surface area (TPSA) is 20.2 Å². The summed E-state index contributed by atoms with van der Waals surface area (Å²) in [6, 6.07) is 0. The average Bonchev–Trinajstić information content (AvgIpc) is 3.30. The summed E-state index contributed by atoms with van der Waals surface area (Å²) in [4.78, 5) is 0. The molecule has 41 heavy (non-hydrogen) atoms. The van der Waals surface area contributed by atoms with E-state index in [9.17, 15) is 5.11 Å². The van der Waals surface area contributed by atoms with Crippen molar-refractivity contribution in [1.29, 1.82) is 0 Å². The van der Waals surface area contributed by atoms with Gasteiger partial charge < -0.3 is 5.11 Å². The van der Waals surface area contributed by atoms with Crippen LogP contribution in [0.25, 0.3) is 0 Å². The Balaban J connectivity index is 0.000000302. The van der Waals surface area contributed by atoms with Crippen molar-refractivity contribution in [2.75, 3.05) is 11.5 Å². The molecule has 1 N–H and O–H groups in total. The number of hydrogen-bond acceptors (Lipinski definition) is 2. The van der Waals surface area contributed by atoms with E-state index in [2.05, 4.69) is 66.3 Å². The number of aliphatic hydroxyl groups is 1. The van der Waals surface area contributed by atoms with E-state index in [4.69, 9.17) is 0 Å². The summed E-state index contributed by atoms with van der Waals surface area (Å²) >= 11 is 2.15. The SMILES string of the molecule is CC(C)CCC[C@@H](C)[C@H]1CC[C@H]2[C@@H]3CC=C4CC(O)CC[C@]4(C)[C@H]3CC[C@]12C.CCCCCCSCCCCCC. The summed E-state index contributed by atoms with van der Waals surface area (Å²) in [7, 11) is 0. The molecule has 4 aliphatic rings. The third-order valence-electron chi connectivity index (χ3n) is 12.6. The predicted octanol–water partition coefficient (Wildman–Crippen LogP) is 12.3. The van der Waals surface area contributed by atoms with Gasteiger partial charge in [-0.2, -0.15) is 11.8 Å². The number of allylic oxidation sites excluding steroid dienone is 1. The maximum absolute atomic E-state index is 10.2. The van der Waals surface area contributed by atoms with E-state index in [0.29, 0.717) is 10.8 Å². The fourth-order valence-electron chi connectivity index (χ4n) is 10.0. The summed E-state index contributed by atoms with van der Waals surface area (Å²) in [5.74, 6) is 8.25. The van der Waals surface area contributed by atoms with Gasteiger partial charge in [0.2, 0.25) is 0 Å². The molecule has 0 aliphatic heterocycles. The van der Waals surface area contributed by atoms with Crippen LogP contribution in [0.1, 0.15) is 170 Å². The van der Waals surface area contributed by atoms with Gasteiger partial charge in [-0.25, -0.2) is 0 Å². The zero-order valence-corrected chi connectivity index (χ0v) is 29.6. The molecule has 1 unspecified atom stereocenters. The van der Waals surface area contributed by atoms with E-state index >= 15 is 0 Å². The van der Waals surface area contributed by atoms with Gasteiger partial charge in [0, 0.05) is 0 Å². The Morgan fingerprint density at radius 3 is 2.12 bits per heavy atom. The molecule has 0 saturated heterocycles. The van der Waals surface area contributed by atoms with Crippen molar-refractivity contribution in [3.8, 4) is 0 Å². The van der Waals surface area contributed by atoms with Crippen molar-refractivity contribution in [3.63, 3.8) is 0 Å². The summed E-state index contributed by atoms with van der Waals surface area (Å²) in [6.07, 6.45) is 28.5. The molecule has 2 heteroatoms. The number of unbranched alkanes of at least 4 members (excludes halogenated alkanes) is 6. The fraction of sp³-hybridized carbons (Fsp3) is 0.949. The first-order chi connectivity index (χ1) is 19.7. The zero-order chi connectivity index (χ0) is 29.9. The highest BCUT2D eigenvalue weighted by atomic mass is 32.2. The normalized spacial score (nSPS) is 35.1. The molecule has 0 bridgehead atoms. The number of thioether (sulfide) groups is 1. The first-order valence-electron chi connectivity index (χ1n) is 18.6. The van der Waals surface area contributed by atoms with Gasteiger partial charge in [-0.1, -0.05) is 118 Å². The van der Waals surface area contributed by atoms with Crippen LogP contribution in [0.5, 0.6) is 0 Å². The molecule has 0 spiro atoms. The van der Waals surface area contributed by atoms with Crippen LogP contribution in [0.4, 0.5) is 0 Å². The quantitative estimate of drug-likeness (QED) is 0.152.